The van der Waals surface area contributed by atoms with Crippen LogP contribution in [0.1, 0.15) is 31.4 Å². The van der Waals surface area contributed by atoms with Crippen molar-refractivity contribution in [3.8, 4) is 17.6 Å². The number of hydrogen-bond donors (Lipinski definition) is 0. The number of rotatable bonds is 6. The molecule has 0 aromatic heterocycles. The van der Waals surface area contributed by atoms with Crippen molar-refractivity contribution in [3.63, 3.8) is 0 Å². The number of nitrogens with zero attached hydrogens (tertiary/aromatic N) is 1. The largest absolute Gasteiger partial charge is 0.493 e. The summed E-state index contributed by atoms with van der Waals surface area (Å²) in [5, 5.41) is 9.41. The van der Waals surface area contributed by atoms with Crippen LogP contribution >= 0.6 is 0 Å². The number of hydrogen-bond acceptors (Lipinski definition) is 4. The first-order valence-electron chi connectivity index (χ1n) is 8.09. The van der Waals surface area contributed by atoms with Gasteiger partial charge in [-0.15, -0.1) is 0 Å². The average Bonchev–Trinajstić information content (AvgIpc) is 2.60. The van der Waals surface area contributed by atoms with E-state index in [1.165, 1.54) is 7.11 Å². The Balaban J connectivity index is 2.28. The maximum Gasteiger partial charge on any atom is 0.311 e. The molecular formula is C21H21NO3. The second-order valence-corrected chi connectivity index (χ2v) is 6.02. The van der Waals surface area contributed by atoms with Crippen LogP contribution in [0.2, 0.25) is 0 Å². The summed E-state index contributed by atoms with van der Waals surface area (Å²) in [5.41, 5.74) is 2.18. The van der Waals surface area contributed by atoms with Crippen molar-refractivity contribution in [1.82, 2.24) is 0 Å². The highest BCUT2D eigenvalue weighted by Crippen LogP contribution is 2.30. The highest BCUT2D eigenvalue weighted by Gasteiger charge is 2.12. The van der Waals surface area contributed by atoms with Crippen molar-refractivity contribution < 1.29 is 14.3 Å². The van der Waals surface area contributed by atoms with E-state index in [0.717, 1.165) is 11.1 Å². The molecule has 0 atom stereocenters. The third-order valence-electron chi connectivity index (χ3n) is 3.50. The molecule has 0 fully saturated rings. The highest BCUT2D eigenvalue weighted by molar-refractivity contribution is 5.89. The number of carbonyl (C=O) groups is 1. The number of esters is 1. The predicted octanol–water partition coefficient (Wildman–Crippen LogP) is 4.71. The highest BCUT2D eigenvalue weighted by atomic mass is 16.6. The van der Waals surface area contributed by atoms with Crippen molar-refractivity contribution >= 4 is 17.6 Å². The zero-order valence-electron chi connectivity index (χ0n) is 14.7. The fraction of sp³-hybridized carbons (Fsp3) is 0.238. The van der Waals surface area contributed by atoms with Crippen molar-refractivity contribution in [3.05, 3.63) is 59.7 Å². The van der Waals surface area contributed by atoms with Gasteiger partial charge in [-0.3, -0.25) is 4.79 Å². The lowest BCUT2D eigenvalue weighted by atomic mass is 10.0. The lowest BCUT2D eigenvalue weighted by molar-refractivity contribution is -0.135. The van der Waals surface area contributed by atoms with Crippen molar-refractivity contribution in [2.24, 2.45) is 5.92 Å². The van der Waals surface area contributed by atoms with Crippen LogP contribution in [0.4, 0.5) is 0 Å². The van der Waals surface area contributed by atoms with Gasteiger partial charge in [-0.2, -0.15) is 5.26 Å². The number of benzene rings is 2. The monoisotopic (exact) mass is 335 g/mol. The summed E-state index contributed by atoms with van der Waals surface area (Å²) in [4.78, 5) is 11.9. The van der Waals surface area contributed by atoms with Crippen LogP contribution in [0, 0.1) is 17.2 Å². The first kappa shape index (κ1) is 18.3. The van der Waals surface area contributed by atoms with E-state index < -0.39 is 0 Å². The van der Waals surface area contributed by atoms with Gasteiger partial charge in [-0.1, -0.05) is 50.2 Å². The number of nitriles is 1. The van der Waals surface area contributed by atoms with Gasteiger partial charge in [0.15, 0.2) is 11.5 Å². The third-order valence-corrected chi connectivity index (χ3v) is 3.50. The minimum Gasteiger partial charge on any atom is -0.493 e. The predicted molar refractivity (Wildman–Crippen MR) is 98.0 cm³/mol. The van der Waals surface area contributed by atoms with Crippen LogP contribution in [-0.4, -0.2) is 13.1 Å². The number of carbonyl (C=O) groups excluding carboxylic acids is 1. The molecule has 0 saturated carbocycles. The molecule has 128 valence electrons. The Labute approximate surface area is 148 Å². The third kappa shape index (κ3) is 5.22. The summed E-state index contributed by atoms with van der Waals surface area (Å²) >= 11 is 0. The quantitative estimate of drug-likeness (QED) is 0.332. The minimum atomic E-state index is -0.293. The van der Waals surface area contributed by atoms with Crippen molar-refractivity contribution in [2.75, 3.05) is 7.11 Å². The van der Waals surface area contributed by atoms with E-state index in [2.05, 4.69) is 6.07 Å². The summed E-state index contributed by atoms with van der Waals surface area (Å²) < 4.78 is 10.7. The fourth-order valence-corrected chi connectivity index (χ4v) is 2.32. The first-order valence-corrected chi connectivity index (χ1v) is 8.09. The standard InChI is InChI=1S/C21H21NO3/c1-15(2)11-21(23)25-19-10-9-16(13-20(19)24-3)12-18(14-22)17-7-5-4-6-8-17/h4-10,12-13,15H,11H2,1-3H3/b18-12-. The molecular weight excluding hydrogens is 314 g/mol. The molecule has 0 heterocycles. The summed E-state index contributed by atoms with van der Waals surface area (Å²) in [6.45, 7) is 3.92. The zero-order valence-corrected chi connectivity index (χ0v) is 14.7. The summed E-state index contributed by atoms with van der Waals surface area (Å²) in [7, 11) is 1.52. The van der Waals surface area contributed by atoms with Gasteiger partial charge in [0.2, 0.25) is 0 Å². The fourth-order valence-electron chi connectivity index (χ4n) is 2.32. The van der Waals surface area contributed by atoms with Gasteiger partial charge in [0, 0.05) is 6.42 Å². The molecule has 0 aliphatic rings. The molecule has 2 aromatic carbocycles. The van der Waals surface area contributed by atoms with Crippen LogP contribution in [0.25, 0.3) is 11.6 Å². The van der Waals surface area contributed by atoms with E-state index in [1.807, 2.05) is 44.2 Å². The minimum absolute atomic E-state index is 0.227. The van der Waals surface area contributed by atoms with Gasteiger partial charge in [0.1, 0.15) is 0 Å². The molecule has 0 bridgehead atoms. The molecule has 4 heteroatoms. The van der Waals surface area contributed by atoms with Crippen LogP contribution in [-0.2, 0) is 4.79 Å². The maximum absolute atomic E-state index is 11.9. The smallest absolute Gasteiger partial charge is 0.311 e. The molecule has 0 aliphatic carbocycles. The first-order chi connectivity index (χ1) is 12.0. The van der Waals surface area contributed by atoms with E-state index in [-0.39, 0.29) is 11.9 Å². The SMILES string of the molecule is COc1cc(/C=C(/C#N)c2ccccc2)ccc1OC(=O)CC(C)C. The molecule has 2 aromatic rings. The van der Waals surface area contributed by atoms with Crippen LogP contribution in [0.15, 0.2) is 48.5 Å². The topological polar surface area (TPSA) is 59.3 Å². The molecule has 0 radical (unpaired) electrons. The Morgan fingerprint density at radius 3 is 2.48 bits per heavy atom. The van der Waals surface area contributed by atoms with Crippen LogP contribution < -0.4 is 9.47 Å². The van der Waals surface area contributed by atoms with E-state index in [0.29, 0.717) is 23.5 Å². The van der Waals surface area contributed by atoms with E-state index in [4.69, 9.17) is 9.47 Å². The van der Waals surface area contributed by atoms with Crippen molar-refractivity contribution in [1.29, 1.82) is 5.26 Å². The Bertz CT molecular complexity index is 802. The van der Waals surface area contributed by atoms with E-state index in [1.54, 1.807) is 24.3 Å². The zero-order chi connectivity index (χ0) is 18.2. The Morgan fingerprint density at radius 2 is 1.88 bits per heavy atom. The number of ether oxygens (including phenoxy) is 2. The van der Waals surface area contributed by atoms with Crippen LogP contribution in [0.5, 0.6) is 11.5 Å². The summed E-state index contributed by atoms with van der Waals surface area (Å²) in [6, 6.07) is 16.9. The summed E-state index contributed by atoms with van der Waals surface area (Å²) in [5.74, 6) is 0.767. The normalized spacial score (nSPS) is 11.1. The Morgan fingerprint density at radius 1 is 1.16 bits per heavy atom. The molecule has 0 spiro atoms. The van der Waals surface area contributed by atoms with Gasteiger partial charge in [0.05, 0.1) is 18.8 Å². The molecule has 0 unspecified atom stereocenters. The Kier molecular flexibility index (Phi) is 6.36. The molecule has 0 aliphatic heterocycles. The molecule has 0 N–H and O–H groups in total. The number of allylic oxidation sites excluding steroid dienone is 1. The van der Waals surface area contributed by atoms with E-state index in [9.17, 15) is 10.1 Å². The summed E-state index contributed by atoms with van der Waals surface area (Å²) in [6.07, 6.45) is 2.12. The molecule has 25 heavy (non-hydrogen) atoms. The van der Waals surface area contributed by atoms with E-state index >= 15 is 0 Å². The molecule has 2 rings (SSSR count). The maximum atomic E-state index is 11.9. The molecule has 0 saturated heterocycles. The van der Waals surface area contributed by atoms with Gasteiger partial charge >= 0.3 is 5.97 Å². The van der Waals surface area contributed by atoms with Crippen LogP contribution in [0.3, 0.4) is 0 Å². The van der Waals surface area contributed by atoms with Crippen molar-refractivity contribution in [2.45, 2.75) is 20.3 Å². The molecule has 4 nitrogen and oxygen atoms in total. The Hall–Kier alpha value is -3.06. The second kappa shape index (κ2) is 8.70. The van der Waals surface area contributed by atoms with Gasteiger partial charge in [-0.05, 0) is 35.3 Å². The average molecular weight is 335 g/mol. The van der Waals surface area contributed by atoms with Gasteiger partial charge in [-0.25, -0.2) is 0 Å². The molecule has 0 amide bonds. The lowest BCUT2D eigenvalue weighted by Crippen LogP contribution is -2.11. The second-order valence-electron chi connectivity index (χ2n) is 6.02. The lowest BCUT2D eigenvalue weighted by Gasteiger charge is -2.11. The van der Waals surface area contributed by atoms with Gasteiger partial charge < -0.3 is 9.47 Å². The number of methoxy groups -OCH3 is 1. The van der Waals surface area contributed by atoms with Gasteiger partial charge in [0.25, 0.3) is 0 Å².